The lowest BCUT2D eigenvalue weighted by atomic mass is 10.3. The molecule has 1 N–H and O–H groups in total. The monoisotopic (exact) mass is 209 g/mol. The zero-order valence-electron chi connectivity index (χ0n) is 5.61. The van der Waals surface area contributed by atoms with Gasteiger partial charge in [-0.25, -0.2) is 8.42 Å². The summed E-state index contributed by atoms with van der Waals surface area (Å²) in [6.45, 7) is 0. The Morgan fingerprint density at radius 1 is 1.55 bits per heavy atom. The third kappa shape index (κ3) is 1.39. The summed E-state index contributed by atoms with van der Waals surface area (Å²) >= 11 is 6.38. The molecule has 6 heteroatoms. The lowest BCUT2D eigenvalue weighted by Gasteiger charge is -2.02. The molecule has 0 bridgehead atoms. The summed E-state index contributed by atoms with van der Waals surface area (Å²) in [5.41, 5.74) is 0. The van der Waals surface area contributed by atoms with Crippen molar-refractivity contribution in [2.75, 3.05) is 11.5 Å². The SMILES string of the molecule is O=S1(=O)C[C@@H]2NC(=S)S[C@@H]2C1. The molecule has 2 aliphatic rings. The van der Waals surface area contributed by atoms with Gasteiger partial charge in [-0.2, -0.15) is 0 Å². The van der Waals surface area contributed by atoms with E-state index in [1.807, 2.05) is 0 Å². The van der Waals surface area contributed by atoms with Crippen molar-refractivity contribution in [3.8, 4) is 0 Å². The topological polar surface area (TPSA) is 46.2 Å². The minimum absolute atomic E-state index is 0.0810. The second-order valence-corrected chi connectivity index (χ2v) is 6.84. The van der Waals surface area contributed by atoms with Crippen LogP contribution in [0.3, 0.4) is 0 Å². The van der Waals surface area contributed by atoms with E-state index in [1.165, 1.54) is 11.8 Å². The van der Waals surface area contributed by atoms with Gasteiger partial charge < -0.3 is 5.32 Å². The molecule has 2 rings (SSSR count). The van der Waals surface area contributed by atoms with E-state index in [0.717, 1.165) is 4.32 Å². The van der Waals surface area contributed by atoms with Crippen LogP contribution in [0.5, 0.6) is 0 Å². The number of thioether (sulfide) groups is 1. The first-order valence-corrected chi connectivity index (χ1v) is 6.35. The largest absolute Gasteiger partial charge is 0.366 e. The fourth-order valence-electron chi connectivity index (χ4n) is 1.39. The molecular formula is C5H7NO2S3. The third-order valence-corrected chi connectivity index (χ3v) is 5.34. The molecule has 62 valence electrons. The van der Waals surface area contributed by atoms with Crippen LogP contribution in [0.1, 0.15) is 0 Å². The van der Waals surface area contributed by atoms with Crippen LogP contribution in [-0.2, 0) is 9.84 Å². The van der Waals surface area contributed by atoms with Crippen molar-refractivity contribution < 1.29 is 8.42 Å². The van der Waals surface area contributed by atoms with Crippen LogP contribution >= 0.6 is 24.0 Å². The van der Waals surface area contributed by atoms with E-state index in [2.05, 4.69) is 5.32 Å². The quantitative estimate of drug-likeness (QED) is 0.559. The Morgan fingerprint density at radius 3 is 2.91 bits per heavy atom. The highest BCUT2D eigenvalue weighted by Crippen LogP contribution is 2.30. The van der Waals surface area contributed by atoms with Gasteiger partial charge in [0.2, 0.25) is 0 Å². The van der Waals surface area contributed by atoms with Gasteiger partial charge in [-0.3, -0.25) is 0 Å². The van der Waals surface area contributed by atoms with Crippen molar-refractivity contribution in [3.63, 3.8) is 0 Å². The molecule has 0 saturated carbocycles. The second-order valence-electron chi connectivity index (χ2n) is 2.77. The minimum Gasteiger partial charge on any atom is -0.366 e. The lowest BCUT2D eigenvalue weighted by molar-refractivity contribution is 0.600. The zero-order valence-corrected chi connectivity index (χ0v) is 8.06. The first kappa shape index (κ1) is 7.82. The Bertz CT molecular complexity index is 275. The van der Waals surface area contributed by atoms with Crippen LogP contribution in [0.2, 0.25) is 0 Å². The van der Waals surface area contributed by atoms with Crippen molar-refractivity contribution in [2.24, 2.45) is 0 Å². The van der Waals surface area contributed by atoms with Crippen LogP contribution in [0.4, 0.5) is 0 Å². The fraction of sp³-hybridized carbons (Fsp3) is 0.800. The van der Waals surface area contributed by atoms with Gasteiger partial charge in [-0.15, -0.1) is 0 Å². The van der Waals surface area contributed by atoms with Crippen LogP contribution in [0, 0.1) is 0 Å². The van der Waals surface area contributed by atoms with Gasteiger partial charge in [-0.1, -0.05) is 24.0 Å². The molecule has 2 atom stereocenters. The molecule has 0 radical (unpaired) electrons. The smallest absolute Gasteiger partial charge is 0.153 e. The fourth-order valence-corrected chi connectivity index (χ4v) is 5.48. The molecule has 0 spiro atoms. The summed E-state index contributed by atoms with van der Waals surface area (Å²) in [6.07, 6.45) is 0. The van der Waals surface area contributed by atoms with E-state index in [1.54, 1.807) is 0 Å². The first-order chi connectivity index (χ1) is 5.07. The molecule has 0 amide bonds. The Morgan fingerprint density at radius 2 is 2.27 bits per heavy atom. The van der Waals surface area contributed by atoms with Gasteiger partial charge in [0.15, 0.2) is 9.84 Å². The van der Waals surface area contributed by atoms with Crippen LogP contribution in [-0.4, -0.2) is 35.5 Å². The highest BCUT2D eigenvalue weighted by molar-refractivity contribution is 8.24. The molecule has 2 aliphatic heterocycles. The summed E-state index contributed by atoms with van der Waals surface area (Å²) < 4.78 is 22.9. The normalized spacial score (nSPS) is 40.2. The van der Waals surface area contributed by atoms with Crippen molar-refractivity contribution in [2.45, 2.75) is 11.3 Å². The van der Waals surface area contributed by atoms with E-state index in [9.17, 15) is 8.42 Å². The molecule has 0 aromatic rings. The average Bonchev–Trinajstić information content (AvgIpc) is 2.17. The Balaban J connectivity index is 2.22. The van der Waals surface area contributed by atoms with Gasteiger partial charge in [0, 0.05) is 5.25 Å². The molecule has 11 heavy (non-hydrogen) atoms. The van der Waals surface area contributed by atoms with Crippen molar-refractivity contribution >= 4 is 38.1 Å². The molecule has 2 heterocycles. The van der Waals surface area contributed by atoms with Gasteiger partial charge in [0.05, 0.1) is 17.5 Å². The first-order valence-electron chi connectivity index (χ1n) is 3.24. The highest BCUT2D eigenvalue weighted by Gasteiger charge is 2.43. The highest BCUT2D eigenvalue weighted by atomic mass is 32.2. The maximum Gasteiger partial charge on any atom is 0.153 e. The summed E-state index contributed by atoms with van der Waals surface area (Å²) in [7, 11) is -2.77. The average molecular weight is 209 g/mol. The molecule has 3 nitrogen and oxygen atoms in total. The predicted molar refractivity (Wildman–Crippen MR) is 49.6 cm³/mol. The maximum atomic E-state index is 11.1. The molecule has 0 aromatic heterocycles. The molecule has 2 saturated heterocycles. The number of nitrogens with one attached hydrogen (secondary N) is 1. The number of hydrogen-bond donors (Lipinski definition) is 1. The number of hydrogen-bond acceptors (Lipinski definition) is 4. The Hall–Kier alpha value is 0.190. The minimum atomic E-state index is -2.77. The van der Waals surface area contributed by atoms with Gasteiger partial charge in [0.1, 0.15) is 4.32 Å². The molecule has 0 aliphatic carbocycles. The summed E-state index contributed by atoms with van der Waals surface area (Å²) in [5, 5.41) is 3.16. The Kier molecular flexibility index (Phi) is 1.66. The molecule has 2 fully saturated rings. The standard InChI is InChI=1S/C5H7NO2S3/c7-11(8)1-3-4(2-11)10-5(9)6-3/h3-4H,1-2H2,(H,6,9)/t3-,4+/m0/s1. The van der Waals surface area contributed by atoms with Crippen LogP contribution < -0.4 is 5.32 Å². The summed E-state index contributed by atoms with van der Waals surface area (Å²) in [4.78, 5) is 0. The van der Waals surface area contributed by atoms with Crippen LogP contribution in [0.15, 0.2) is 0 Å². The van der Waals surface area contributed by atoms with Crippen molar-refractivity contribution in [1.29, 1.82) is 0 Å². The van der Waals surface area contributed by atoms with Gasteiger partial charge >= 0.3 is 0 Å². The van der Waals surface area contributed by atoms with E-state index in [0.29, 0.717) is 0 Å². The third-order valence-electron chi connectivity index (χ3n) is 1.86. The number of sulfone groups is 1. The van der Waals surface area contributed by atoms with Crippen molar-refractivity contribution in [3.05, 3.63) is 0 Å². The molecule has 0 aromatic carbocycles. The van der Waals surface area contributed by atoms with Crippen molar-refractivity contribution in [1.82, 2.24) is 5.32 Å². The van der Waals surface area contributed by atoms with Crippen LogP contribution in [0.25, 0.3) is 0 Å². The number of thiocarbonyl (C=S) groups is 1. The lowest BCUT2D eigenvalue weighted by Crippen LogP contribution is -2.30. The van der Waals surface area contributed by atoms with E-state index in [-0.39, 0.29) is 22.8 Å². The maximum absolute atomic E-state index is 11.1. The number of fused-ring (bicyclic) bond motifs is 1. The predicted octanol–water partition coefficient (Wildman–Crippen LogP) is -0.227. The van der Waals surface area contributed by atoms with Gasteiger partial charge in [0.25, 0.3) is 0 Å². The Labute approximate surface area is 74.8 Å². The summed E-state index contributed by atoms with van der Waals surface area (Å²) in [6, 6.07) is 0.0810. The molecule has 0 unspecified atom stereocenters. The van der Waals surface area contributed by atoms with E-state index < -0.39 is 9.84 Å². The summed E-state index contributed by atoms with van der Waals surface area (Å²) in [5.74, 6) is 0.542. The van der Waals surface area contributed by atoms with E-state index in [4.69, 9.17) is 12.2 Å². The molecular weight excluding hydrogens is 202 g/mol. The van der Waals surface area contributed by atoms with Gasteiger partial charge in [-0.05, 0) is 0 Å². The number of rotatable bonds is 0. The zero-order chi connectivity index (χ0) is 8.06. The van der Waals surface area contributed by atoms with E-state index >= 15 is 0 Å². The second kappa shape index (κ2) is 2.34.